The number of hydrazine groups is 1. The summed E-state index contributed by atoms with van der Waals surface area (Å²) < 4.78 is 1.53. The van der Waals surface area contributed by atoms with E-state index in [2.05, 4.69) is 25.8 Å². The number of fused-ring (bicyclic) bond motifs is 1. The van der Waals surface area contributed by atoms with E-state index >= 15 is 0 Å². The van der Waals surface area contributed by atoms with Crippen LogP contribution in [-0.2, 0) is 0 Å². The smallest absolute Gasteiger partial charge is 0.280 e. The largest absolute Gasteiger partial charge is 0.295 e. The standard InChI is InChI=1S/C23H20N4O.C20H15ClN4/c1-18-22(23(28)27(25-18)21-15-9-4-10-16-21)17-24-26(19-11-5-2-6-12-19)20-13-7-3-8-14-20;21-19-17-13-7-8-14-18(17)20(23-22-19)24-25(15-9-3-1-4-10-15)16-11-5-2-6-12-16/h2-17,25H,1H3;1-14H,(H,23,24)/b24-17+;. The van der Waals surface area contributed by atoms with Crippen molar-refractivity contribution in [1.82, 2.24) is 20.0 Å². The van der Waals surface area contributed by atoms with Crippen LogP contribution in [0.3, 0.4) is 0 Å². The first kappa shape index (κ1) is 34.5. The van der Waals surface area contributed by atoms with E-state index in [0.29, 0.717) is 16.5 Å². The maximum absolute atomic E-state index is 12.9. The summed E-state index contributed by atoms with van der Waals surface area (Å²) in [5, 5.41) is 22.1. The molecule has 260 valence electrons. The van der Waals surface area contributed by atoms with Crippen molar-refractivity contribution in [3.8, 4) is 5.69 Å². The number of halogens is 1. The van der Waals surface area contributed by atoms with Gasteiger partial charge < -0.3 is 0 Å². The van der Waals surface area contributed by atoms with Crippen LogP contribution in [-0.4, -0.2) is 26.2 Å². The summed E-state index contributed by atoms with van der Waals surface area (Å²) in [6, 6.07) is 57.1. The van der Waals surface area contributed by atoms with Crippen LogP contribution in [0.25, 0.3) is 16.5 Å². The number of nitrogens with zero attached hydrogens (tertiary/aromatic N) is 6. The Kier molecular flexibility index (Phi) is 10.6. The average Bonchev–Trinajstić information content (AvgIpc) is 3.51. The van der Waals surface area contributed by atoms with Crippen molar-refractivity contribution in [3.05, 3.63) is 203 Å². The number of hydrogen-bond donors (Lipinski definition) is 2. The van der Waals surface area contributed by atoms with Gasteiger partial charge in [-0.25, -0.2) is 9.69 Å². The van der Waals surface area contributed by atoms with Crippen molar-refractivity contribution in [2.24, 2.45) is 5.10 Å². The van der Waals surface area contributed by atoms with E-state index in [1.54, 1.807) is 6.21 Å². The lowest BCUT2D eigenvalue weighted by atomic mass is 10.2. The highest BCUT2D eigenvalue weighted by atomic mass is 35.5. The van der Waals surface area contributed by atoms with Gasteiger partial charge in [0.25, 0.3) is 5.56 Å². The molecule has 0 spiro atoms. The van der Waals surface area contributed by atoms with Crippen LogP contribution < -0.4 is 21.0 Å². The van der Waals surface area contributed by atoms with Crippen LogP contribution in [0.4, 0.5) is 28.6 Å². The third kappa shape index (κ3) is 8.01. The van der Waals surface area contributed by atoms with Gasteiger partial charge in [0, 0.05) is 16.5 Å². The third-order valence-corrected chi connectivity index (χ3v) is 8.60. The molecule has 8 rings (SSSR count). The first-order chi connectivity index (χ1) is 26.1. The van der Waals surface area contributed by atoms with Crippen molar-refractivity contribution < 1.29 is 0 Å². The van der Waals surface area contributed by atoms with Crippen LogP contribution in [0.2, 0.25) is 5.15 Å². The van der Waals surface area contributed by atoms with E-state index in [9.17, 15) is 4.79 Å². The van der Waals surface area contributed by atoms with Crippen molar-refractivity contribution in [2.45, 2.75) is 6.92 Å². The van der Waals surface area contributed by atoms with Gasteiger partial charge in [0.15, 0.2) is 11.0 Å². The molecule has 8 aromatic rings. The van der Waals surface area contributed by atoms with Crippen LogP contribution in [0.15, 0.2) is 186 Å². The highest BCUT2D eigenvalue weighted by Gasteiger charge is 2.15. The molecular weight excluding hydrogens is 680 g/mol. The van der Waals surface area contributed by atoms with E-state index in [-0.39, 0.29) is 5.56 Å². The highest BCUT2D eigenvalue weighted by Crippen LogP contribution is 2.30. The Morgan fingerprint density at radius 1 is 0.623 bits per heavy atom. The molecule has 10 heteroatoms. The molecule has 53 heavy (non-hydrogen) atoms. The van der Waals surface area contributed by atoms with E-state index < -0.39 is 0 Å². The minimum atomic E-state index is -0.131. The summed E-state index contributed by atoms with van der Waals surface area (Å²) in [5.41, 5.74) is 9.16. The number of anilines is 5. The fourth-order valence-corrected chi connectivity index (χ4v) is 5.90. The lowest BCUT2D eigenvalue weighted by molar-refractivity contribution is 0.835. The summed E-state index contributed by atoms with van der Waals surface area (Å²) in [6.07, 6.45) is 1.62. The molecule has 9 nitrogen and oxygen atoms in total. The molecule has 2 N–H and O–H groups in total. The summed E-state index contributed by atoms with van der Waals surface area (Å²) >= 11 is 6.18. The normalized spacial score (nSPS) is 10.8. The number of hydrogen-bond acceptors (Lipinski definition) is 7. The number of aryl methyl sites for hydroxylation is 1. The summed E-state index contributed by atoms with van der Waals surface area (Å²) in [4.78, 5) is 12.9. The van der Waals surface area contributed by atoms with E-state index in [0.717, 1.165) is 44.9 Å². The SMILES string of the molecule is Cc1[nH]n(-c2ccccc2)c(=O)c1/C=N/N(c1ccccc1)c1ccccc1.Clc1nnc(NN(c2ccccc2)c2ccccc2)c2ccccc12. The topological polar surface area (TPSA) is 94.4 Å². The minimum absolute atomic E-state index is 0.131. The van der Waals surface area contributed by atoms with Crippen molar-refractivity contribution in [1.29, 1.82) is 0 Å². The van der Waals surface area contributed by atoms with Gasteiger partial charge in [-0.2, -0.15) is 5.10 Å². The first-order valence-electron chi connectivity index (χ1n) is 17.0. The number of hydrazone groups is 1. The Morgan fingerprint density at radius 3 is 1.60 bits per heavy atom. The van der Waals surface area contributed by atoms with E-state index in [4.69, 9.17) is 11.6 Å². The van der Waals surface area contributed by atoms with Gasteiger partial charge >= 0.3 is 0 Å². The highest BCUT2D eigenvalue weighted by molar-refractivity contribution is 6.34. The predicted octanol–water partition coefficient (Wildman–Crippen LogP) is 10.1. The molecule has 0 bridgehead atoms. The molecule has 0 atom stereocenters. The zero-order valence-electron chi connectivity index (χ0n) is 28.8. The van der Waals surface area contributed by atoms with Gasteiger partial charge in [-0.1, -0.05) is 127 Å². The Hall–Kier alpha value is -6.97. The van der Waals surface area contributed by atoms with Crippen LogP contribution in [0, 0.1) is 6.92 Å². The van der Waals surface area contributed by atoms with Crippen LogP contribution in [0.1, 0.15) is 11.3 Å². The number of aromatic nitrogens is 4. The van der Waals surface area contributed by atoms with Gasteiger partial charge in [-0.15, -0.1) is 10.2 Å². The maximum atomic E-state index is 12.9. The van der Waals surface area contributed by atoms with Gasteiger partial charge in [0.1, 0.15) is 0 Å². The molecule has 2 aromatic heterocycles. The fraction of sp³-hybridized carbons (Fsp3) is 0.0233. The maximum Gasteiger partial charge on any atom is 0.280 e. The Morgan fingerprint density at radius 2 is 1.08 bits per heavy atom. The fourth-order valence-electron chi connectivity index (χ4n) is 5.70. The quantitative estimate of drug-likeness (QED) is 0.114. The molecule has 0 aliphatic carbocycles. The Labute approximate surface area is 312 Å². The second kappa shape index (κ2) is 16.4. The zero-order valence-corrected chi connectivity index (χ0v) is 29.5. The molecule has 0 aliphatic rings. The van der Waals surface area contributed by atoms with Gasteiger partial charge in [-0.05, 0) is 67.6 Å². The van der Waals surface area contributed by atoms with Crippen molar-refractivity contribution >= 4 is 57.2 Å². The van der Waals surface area contributed by atoms with Crippen LogP contribution >= 0.6 is 11.6 Å². The first-order valence-corrected chi connectivity index (χ1v) is 17.3. The molecular formula is C43H35ClN8O. The van der Waals surface area contributed by atoms with Crippen molar-refractivity contribution in [3.63, 3.8) is 0 Å². The molecule has 0 unspecified atom stereocenters. The average molecular weight is 715 g/mol. The molecule has 0 saturated carbocycles. The second-order valence-corrected chi connectivity index (χ2v) is 12.2. The number of benzene rings is 6. The number of para-hydroxylation sites is 5. The molecule has 0 saturated heterocycles. The van der Waals surface area contributed by atoms with Gasteiger partial charge in [0.2, 0.25) is 0 Å². The summed E-state index contributed by atoms with van der Waals surface area (Å²) in [7, 11) is 0. The van der Waals surface area contributed by atoms with E-state index in [1.165, 1.54) is 4.68 Å². The van der Waals surface area contributed by atoms with Gasteiger partial charge in [0.05, 0.1) is 40.2 Å². The van der Waals surface area contributed by atoms with Gasteiger partial charge in [-0.3, -0.25) is 20.3 Å². The molecule has 6 aromatic carbocycles. The lowest BCUT2D eigenvalue weighted by Gasteiger charge is -2.26. The zero-order chi connectivity index (χ0) is 36.4. The lowest BCUT2D eigenvalue weighted by Crippen LogP contribution is -2.25. The summed E-state index contributed by atoms with van der Waals surface area (Å²) in [5.74, 6) is 0.646. The number of aromatic amines is 1. The van der Waals surface area contributed by atoms with E-state index in [1.807, 2.05) is 193 Å². The molecule has 0 fully saturated rings. The minimum Gasteiger partial charge on any atom is -0.295 e. The second-order valence-electron chi connectivity index (χ2n) is 11.9. The Bertz CT molecular complexity index is 2390. The third-order valence-electron chi connectivity index (χ3n) is 8.32. The number of rotatable bonds is 9. The number of H-pyrrole nitrogens is 1. The monoisotopic (exact) mass is 714 g/mol. The van der Waals surface area contributed by atoms with Crippen molar-refractivity contribution in [2.75, 3.05) is 15.4 Å². The van der Waals surface area contributed by atoms with Crippen LogP contribution in [0.5, 0.6) is 0 Å². The summed E-state index contributed by atoms with van der Waals surface area (Å²) in [6.45, 7) is 1.87. The molecule has 0 radical (unpaired) electrons. The molecule has 0 aliphatic heterocycles. The Balaban J connectivity index is 0.000000165. The molecule has 2 heterocycles. The predicted molar refractivity (Wildman–Crippen MR) is 217 cm³/mol. The molecule has 0 amide bonds. The number of nitrogens with one attached hydrogen (secondary N) is 2.